The van der Waals surface area contributed by atoms with E-state index in [2.05, 4.69) is 32.8 Å². The Morgan fingerprint density at radius 3 is 3.00 bits per heavy atom. The molecule has 3 aromatic heterocycles. The largest absolute Gasteiger partial charge is 0.354 e. The number of aromatic nitrogens is 3. The SMILES string of the molecule is NCc1cscc1N(Cc1nc2ccccc2[nH]1)[C@H]1CCCc2cccnc21. The molecule has 5 nitrogen and oxygen atoms in total. The lowest BCUT2D eigenvalue weighted by Gasteiger charge is -2.36. The lowest BCUT2D eigenvalue weighted by atomic mass is 9.90. The van der Waals surface area contributed by atoms with Crippen LogP contribution in [0.2, 0.25) is 0 Å². The highest BCUT2D eigenvalue weighted by Crippen LogP contribution is 2.39. The first-order valence-corrected chi connectivity index (χ1v) is 10.7. The van der Waals surface area contributed by atoms with Crippen LogP contribution in [0.3, 0.4) is 0 Å². The number of hydrogen-bond acceptors (Lipinski definition) is 5. The van der Waals surface area contributed by atoms with Crippen LogP contribution in [0.25, 0.3) is 11.0 Å². The van der Waals surface area contributed by atoms with Crippen molar-refractivity contribution in [3.8, 4) is 0 Å². The summed E-state index contributed by atoms with van der Waals surface area (Å²) >= 11 is 1.71. The number of imidazole rings is 1. The second-order valence-electron chi connectivity index (χ2n) is 7.27. The first-order chi connectivity index (χ1) is 13.8. The highest BCUT2D eigenvalue weighted by atomic mass is 32.1. The number of thiophene rings is 1. The second kappa shape index (κ2) is 7.37. The quantitative estimate of drug-likeness (QED) is 0.525. The third-order valence-electron chi connectivity index (χ3n) is 5.55. The van der Waals surface area contributed by atoms with E-state index >= 15 is 0 Å². The van der Waals surface area contributed by atoms with Crippen LogP contribution >= 0.6 is 11.3 Å². The number of benzene rings is 1. The number of nitrogens with zero attached hydrogens (tertiary/aromatic N) is 3. The summed E-state index contributed by atoms with van der Waals surface area (Å²) in [6.45, 7) is 1.25. The fourth-order valence-corrected chi connectivity index (χ4v) is 5.08. The maximum atomic E-state index is 6.05. The molecule has 3 heterocycles. The average molecular weight is 390 g/mol. The molecule has 0 saturated carbocycles. The zero-order chi connectivity index (χ0) is 18.9. The van der Waals surface area contributed by atoms with E-state index in [1.165, 1.54) is 28.9 Å². The van der Waals surface area contributed by atoms with Gasteiger partial charge < -0.3 is 15.6 Å². The molecule has 5 rings (SSSR count). The van der Waals surface area contributed by atoms with Crippen LogP contribution in [0.15, 0.2) is 53.4 Å². The first-order valence-electron chi connectivity index (χ1n) is 9.72. The molecular formula is C22H23N5S. The summed E-state index contributed by atoms with van der Waals surface area (Å²) in [6, 6.07) is 12.7. The number of hydrogen-bond donors (Lipinski definition) is 2. The van der Waals surface area contributed by atoms with Crippen molar-refractivity contribution in [1.29, 1.82) is 0 Å². The molecule has 3 N–H and O–H groups in total. The Labute approximate surface area is 168 Å². The molecule has 0 unspecified atom stereocenters. The van der Waals surface area contributed by atoms with Crippen molar-refractivity contribution in [3.63, 3.8) is 0 Å². The number of nitrogens with one attached hydrogen (secondary N) is 1. The van der Waals surface area contributed by atoms with Crippen molar-refractivity contribution < 1.29 is 0 Å². The molecule has 6 heteroatoms. The molecule has 0 fully saturated rings. The van der Waals surface area contributed by atoms with Crippen molar-refractivity contribution in [2.75, 3.05) is 4.90 Å². The Hall–Kier alpha value is -2.70. The van der Waals surface area contributed by atoms with E-state index in [1.807, 2.05) is 30.5 Å². The smallest absolute Gasteiger partial charge is 0.126 e. The van der Waals surface area contributed by atoms with Gasteiger partial charge in [0.05, 0.1) is 35.0 Å². The summed E-state index contributed by atoms with van der Waals surface area (Å²) in [4.78, 5) is 15.5. The van der Waals surface area contributed by atoms with Gasteiger partial charge >= 0.3 is 0 Å². The predicted molar refractivity (Wildman–Crippen MR) is 114 cm³/mol. The Morgan fingerprint density at radius 1 is 1.18 bits per heavy atom. The van der Waals surface area contributed by atoms with Gasteiger partial charge in [0.25, 0.3) is 0 Å². The maximum Gasteiger partial charge on any atom is 0.126 e. The van der Waals surface area contributed by atoms with Crippen LogP contribution in [-0.2, 0) is 19.5 Å². The van der Waals surface area contributed by atoms with Gasteiger partial charge in [-0.05, 0) is 54.0 Å². The number of nitrogens with two attached hydrogens (primary N) is 1. The van der Waals surface area contributed by atoms with E-state index in [0.717, 1.165) is 29.7 Å². The van der Waals surface area contributed by atoms with Crippen LogP contribution in [0.5, 0.6) is 0 Å². The Balaban J connectivity index is 1.58. The summed E-state index contributed by atoms with van der Waals surface area (Å²) < 4.78 is 0. The molecule has 0 bridgehead atoms. The highest BCUT2D eigenvalue weighted by molar-refractivity contribution is 7.08. The summed E-state index contributed by atoms with van der Waals surface area (Å²) in [5.41, 5.74) is 13.1. The van der Waals surface area contributed by atoms with E-state index in [4.69, 9.17) is 15.7 Å². The van der Waals surface area contributed by atoms with Crippen molar-refractivity contribution in [3.05, 3.63) is 76.0 Å². The van der Waals surface area contributed by atoms with Gasteiger partial charge in [0.1, 0.15) is 5.82 Å². The number of rotatable bonds is 5. The summed E-state index contributed by atoms with van der Waals surface area (Å²) in [6.07, 6.45) is 5.27. The number of aryl methyl sites for hydroxylation is 1. The van der Waals surface area contributed by atoms with Crippen LogP contribution in [0.4, 0.5) is 5.69 Å². The minimum Gasteiger partial charge on any atom is -0.354 e. The molecular weight excluding hydrogens is 366 g/mol. The van der Waals surface area contributed by atoms with Gasteiger partial charge in [-0.1, -0.05) is 18.2 Å². The van der Waals surface area contributed by atoms with Crippen LogP contribution < -0.4 is 10.6 Å². The van der Waals surface area contributed by atoms with E-state index in [1.54, 1.807) is 11.3 Å². The van der Waals surface area contributed by atoms with E-state index in [0.29, 0.717) is 13.1 Å². The molecule has 0 spiro atoms. The van der Waals surface area contributed by atoms with Crippen LogP contribution in [-0.4, -0.2) is 15.0 Å². The average Bonchev–Trinajstić information content (AvgIpc) is 3.37. The topological polar surface area (TPSA) is 70.8 Å². The molecule has 0 saturated heterocycles. The monoisotopic (exact) mass is 389 g/mol. The standard InChI is InChI=1S/C22H23N5S/c23-11-16-13-28-14-20(16)27(12-21-25-17-7-1-2-8-18(17)26-21)19-9-3-5-15-6-4-10-24-22(15)19/h1-2,4,6-8,10,13-14,19H,3,5,9,11-12,23H2,(H,25,26)/t19-/m0/s1. The van der Waals surface area contributed by atoms with Gasteiger partial charge in [0, 0.05) is 18.1 Å². The van der Waals surface area contributed by atoms with Crippen molar-refractivity contribution in [2.45, 2.75) is 38.4 Å². The third-order valence-corrected chi connectivity index (χ3v) is 6.33. The predicted octanol–water partition coefficient (Wildman–Crippen LogP) is 4.56. The second-order valence-corrected chi connectivity index (χ2v) is 8.01. The number of fused-ring (bicyclic) bond motifs is 2. The van der Waals surface area contributed by atoms with Crippen molar-refractivity contribution >= 4 is 28.1 Å². The van der Waals surface area contributed by atoms with Gasteiger partial charge in [-0.25, -0.2) is 4.98 Å². The van der Waals surface area contributed by atoms with E-state index in [-0.39, 0.29) is 6.04 Å². The Morgan fingerprint density at radius 2 is 2.11 bits per heavy atom. The molecule has 1 aliphatic carbocycles. The highest BCUT2D eigenvalue weighted by Gasteiger charge is 2.29. The fraction of sp³-hybridized carbons (Fsp3) is 0.273. The van der Waals surface area contributed by atoms with Gasteiger partial charge in [0.2, 0.25) is 0 Å². The number of aromatic amines is 1. The van der Waals surface area contributed by atoms with Gasteiger partial charge in [0.15, 0.2) is 0 Å². The number of H-pyrrole nitrogens is 1. The van der Waals surface area contributed by atoms with Crippen molar-refractivity contribution in [2.24, 2.45) is 5.73 Å². The Bertz CT molecular complexity index is 1070. The number of pyridine rings is 1. The molecule has 1 aliphatic rings. The number of anilines is 1. The number of para-hydroxylation sites is 2. The molecule has 1 atom stereocenters. The summed E-state index contributed by atoms with van der Waals surface area (Å²) in [7, 11) is 0. The fourth-order valence-electron chi connectivity index (χ4n) is 4.21. The van der Waals surface area contributed by atoms with Crippen molar-refractivity contribution in [1.82, 2.24) is 15.0 Å². The van der Waals surface area contributed by atoms with Crippen LogP contribution in [0.1, 0.15) is 41.5 Å². The molecule has 0 radical (unpaired) electrons. The summed E-state index contributed by atoms with van der Waals surface area (Å²) in [5, 5.41) is 4.37. The zero-order valence-electron chi connectivity index (χ0n) is 15.6. The first kappa shape index (κ1) is 17.4. The minimum absolute atomic E-state index is 0.234. The lowest BCUT2D eigenvalue weighted by molar-refractivity contribution is 0.500. The molecule has 142 valence electrons. The van der Waals surface area contributed by atoms with Gasteiger partial charge in [-0.2, -0.15) is 0 Å². The molecule has 0 amide bonds. The Kier molecular flexibility index (Phi) is 4.58. The maximum absolute atomic E-state index is 6.05. The molecule has 1 aromatic carbocycles. The van der Waals surface area contributed by atoms with E-state index in [9.17, 15) is 0 Å². The third kappa shape index (κ3) is 3.08. The molecule has 28 heavy (non-hydrogen) atoms. The van der Waals surface area contributed by atoms with Crippen LogP contribution in [0, 0.1) is 0 Å². The normalized spacial score (nSPS) is 16.2. The van der Waals surface area contributed by atoms with E-state index < -0.39 is 0 Å². The molecule has 4 aromatic rings. The molecule has 0 aliphatic heterocycles. The van der Waals surface area contributed by atoms with Gasteiger partial charge in [-0.3, -0.25) is 4.98 Å². The lowest BCUT2D eigenvalue weighted by Crippen LogP contribution is -2.32. The zero-order valence-corrected chi connectivity index (χ0v) is 16.5. The minimum atomic E-state index is 0.234. The van der Waals surface area contributed by atoms with Gasteiger partial charge in [-0.15, -0.1) is 11.3 Å². The summed E-state index contributed by atoms with van der Waals surface area (Å²) in [5.74, 6) is 0.971.